The molecule has 0 aromatic carbocycles. The molecule has 0 amide bonds. The normalized spacial score (nSPS) is 11.2. The molecule has 0 aliphatic heterocycles. The van der Waals surface area contributed by atoms with E-state index in [1.165, 1.54) is 0 Å². The van der Waals surface area contributed by atoms with Gasteiger partial charge in [-0.1, -0.05) is 16.7 Å². The second kappa shape index (κ2) is 8.86. The second-order valence-electron chi connectivity index (χ2n) is 3.10. The van der Waals surface area contributed by atoms with Crippen molar-refractivity contribution in [2.24, 2.45) is 10.3 Å². The van der Waals surface area contributed by atoms with Gasteiger partial charge in [0.15, 0.2) is 0 Å². The van der Waals surface area contributed by atoms with Crippen LogP contribution in [0.4, 0.5) is 0 Å². The van der Waals surface area contributed by atoms with Crippen molar-refractivity contribution in [2.75, 3.05) is 0 Å². The molecule has 6 heteroatoms. The largest absolute Gasteiger partial charge is 0.411 e. The smallest absolute Gasteiger partial charge is 0.0869 e. The zero-order valence-corrected chi connectivity index (χ0v) is 8.48. The molecule has 0 heterocycles. The quantitative estimate of drug-likeness (QED) is 0.213. The molecule has 84 valence electrons. The third-order valence-electron chi connectivity index (χ3n) is 1.82. The van der Waals surface area contributed by atoms with Crippen LogP contribution in [0.25, 0.3) is 0 Å². The maximum Gasteiger partial charge on any atom is 0.0869 e. The topological polar surface area (TPSA) is 113 Å². The van der Waals surface area contributed by atoms with Gasteiger partial charge in [-0.15, -0.1) is 0 Å². The van der Waals surface area contributed by atoms with Gasteiger partial charge in [0.05, 0.1) is 23.9 Å². The number of nitrogens with zero attached hydrogens (tertiary/aromatic N) is 2. The summed E-state index contributed by atoms with van der Waals surface area (Å²) in [5, 5.41) is 36.3. The van der Waals surface area contributed by atoms with Gasteiger partial charge in [-0.25, -0.2) is 0 Å². The zero-order valence-electron chi connectivity index (χ0n) is 8.48. The summed E-state index contributed by atoms with van der Waals surface area (Å²) in [6.45, 7) is 0. The lowest BCUT2D eigenvalue weighted by Gasteiger charge is -1.99. The molecule has 0 atom stereocenters. The molecule has 0 aliphatic carbocycles. The summed E-state index contributed by atoms with van der Waals surface area (Å²) in [5.74, 6) is 0. The first-order valence-electron chi connectivity index (χ1n) is 4.70. The summed E-state index contributed by atoms with van der Waals surface area (Å²) in [6.07, 6.45) is 5.92. The molecule has 0 unspecified atom stereocenters. The van der Waals surface area contributed by atoms with Crippen molar-refractivity contribution in [3.8, 4) is 0 Å². The van der Waals surface area contributed by atoms with E-state index < -0.39 is 0 Å². The molecule has 15 heavy (non-hydrogen) atoms. The Hall–Kier alpha value is -1.72. The van der Waals surface area contributed by atoms with E-state index in [0.717, 1.165) is 31.7 Å². The SMILES string of the molecule is N=C(C=NO)CCCCCC(=N)C=NO. The highest BCUT2D eigenvalue weighted by atomic mass is 16.4. The van der Waals surface area contributed by atoms with E-state index in [9.17, 15) is 0 Å². The third-order valence-corrected chi connectivity index (χ3v) is 1.82. The average Bonchev–Trinajstić information content (AvgIpc) is 2.18. The number of rotatable bonds is 8. The van der Waals surface area contributed by atoms with Gasteiger partial charge < -0.3 is 21.2 Å². The molecule has 0 radical (unpaired) electrons. The third kappa shape index (κ3) is 8.61. The molecule has 0 saturated heterocycles. The average molecular weight is 212 g/mol. The van der Waals surface area contributed by atoms with Gasteiger partial charge in [0.2, 0.25) is 0 Å². The van der Waals surface area contributed by atoms with Crippen LogP contribution in [0.2, 0.25) is 0 Å². The fourth-order valence-electron chi connectivity index (χ4n) is 1.08. The predicted octanol–water partition coefficient (Wildman–Crippen LogP) is 1.90. The molecular weight excluding hydrogens is 196 g/mol. The molecular formula is C9H16N4O2. The number of unbranched alkanes of at least 4 members (excludes halogenated alkanes) is 2. The summed E-state index contributed by atoms with van der Waals surface area (Å²) >= 11 is 0. The van der Waals surface area contributed by atoms with Crippen molar-refractivity contribution in [3.63, 3.8) is 0 Å². The minimum absolute atomic E-state index is 0.296. The van der Waals surface area contributed by atoms with Gasteiger partial charge in [-0.2, -0.15) is 0 Å². The lowest BCUT2D eigenvalue weighted by Crippen LogP contribution is -1.99. The van der Waals surface area contributed by atoms with E-state index in [0.29, 0.717) is 24.3 Å². The molecule has 4 N–H and O–H groups in total. The summed E-state index contributed by atoms with van der Waals surface area (Å²) in [4.78, 5) is 0. The summed E-state index contributed by atoms with van der Waals surface area (Å²) in [7, 11) is 0. The molecule has 0 aromatic heterocycles. The standard InChI is InChI=1S/C9H16N4O2/c10-8(6-12-14)4-2-1-3-5-9(11)7-13-15/h6-7,10-11,14-15H,1-5H2. The van der Waals surface area contributed by atoms with E-state index in [1.807, 2.05) is 0 Å². The van der Waals surface area contributed by atoms with Crippen molar-refractivity contribution in [3.05, 3.63) is 0 Å². The van der Waals surface area contributed by atoms with Crippen LogP contribution in [0.5, 0.6) is 0 Å². The monoisotopic (exact) mass is 212 g/mol. The van der Waals surface area contributed by atoms with Crippen LogP contribution < -0.4 is 0 Å². The fourth-order valence-corrected chi connectivity index (χ4v) is 1.08. The second-order valence-corrected chi connectivity index (χ2v) is 3.10. The first-order chi connectivity index (χ1) is 7.20. The maximum atomic E-state index is 8.13. The molecule has 0 bridgehead atoms. The highest BCUT2D eigenvalue weighted by Crippen LogP contribution is 2.03. The molecule has 0 fully saturated rings. The molecule has 6 nitrogen and oxygen atoms in total. The zero-order chi connectivity index (χ0) is 11.5. The molecule has 0 rings (SSSR count). The number of nitrogens with one attached hydrogen (secondary N) is 2. The van der Waals surface area contributed by atoms with Gasteiger partial charge in [0.25, 0.3) is 0 Å². The van der Waals surface area contributed by atoms with Crippen molar-refractivity contribution in [1.29, 1.82) is 10.8 Å². The van der Waals surface area contributed by atoms with Crippen molar-refractivity contribution >= 4 is 23.9 Å². The van der Waals surface area contributed by atoms with Crippen LogP contribution in [0.3, 0.4) is 0 Å². The van der Waals surface area contributed by atoms with Crippen LogP contribution in [-0.2, 0) is 0 Å². The summed E-state index contributed by atoms with van der Waals surface area (Å²) in [5.41, 5.74) is 0.592. The Bertz CT molecular complexity index is 235. The number of oxime groups is 2. The molecule has 0 aliphatic rings. The van der Waals surface area contributed by atoms with E-state index in [4.69, 9.17) is 21.2 Å². The lowest BCUT2D eigenvalue weighted by molar-refractivity contribution is 0.322. The Balaban J connectivity index is 3.40. The van der Waals surface area contributed by atoms with Crippen LogP contribution in [0.1, 0.15) is 32.1 Å². The van der Waals surface area contributed by atoms with Gasteiger partial charge >= 0.3 is 0 Å². The Morgan fingerprint density at radius 3 is 1.60 bits per heavy atom. The molecule has 0 saturated carbocycles. The Morgan fingerprint density at radius 1 is 0.867 bits per heavy atom. The van der Waals surface area contributed by atoms with Crippen molar-refractivity contribution in [1.82, 2.24) is 0 Å². The van der Waals surface area contributed by atoms with Gasteiger partial charge in [-0.05, 0) is 25.7 Å². The lowest BCUT2D eigenvalue weighted by atomic mass is 10.1. The first-order valence-corrected chi connectivity index (χ1v) is 4.70. The van der Waals surface area contributed by atoms with Crippen LogP contribution >= 0.6 is 0 Å². The van der Waals surface area contributed by atoms with Crippen LogP contribution in [0.15, 0.2) is 10.3 Å². The van der Waals surface area contributed by atoms with Gasteiger partial charge in [-0.3, -0.25) is 0 Å². The van der Waals surface area contributed by atoms with Crippen molar-refractivity contribution < 1.29 is 10.4 Å². The van der Waals surface area contributed by atoms with Gasteiger partial charge in [0.1, 0.15) is 0 Å². The highest BCUT2D eigenvalue weighted by molar-refractivity contribution is 6.29. The van der Waals surface area contributed by atoms with Gasteiger partial charge in [0, 0.05) is 0 Å². The maximum absolute atomic E-state index is 8.13. The predicted molar refractivity (Wildman–Crippen MR) is 59.1 cm³/mol. The Kier molecular flexibility index (Phi) is 7.84. The summed E-state index contributed by atoms with van der Waals surface area (Å²) in [6, 6.07) is 0. The van der Waals surface area contributed by atoms with E-state index in [-0.39, 0.29) is 0 Å². The summed E-state index contributed by atoms with van der Waals surface area (Å²) < 4.78 is 0. The van der Waals surface area contributed by atoms with E-state index in [2.05, 4.69) is 10.3 Å². The fraction of sp³-hybridized carbons (Fsp3) is 0.556. The minimum Gasteiger partial charge on any atom is -0.411 e. The Morgan fingerprint density at radius 2 is 1.27 bits per heavy atom. The minimum atomic E-state index is 0.296. The van der Waals surface area contributed by atoms with Crippen LogP contribution in [-0.4, -0.2) is 34.3 Å². The highest BCUT2D eigenvalue weighted by Gasteiger charge is 1.96. The van der Waals surface area contributed by atoms with E-state index in [1.54, 1.807) is 0 Å². The molecule has 0 spiro atoms. The van der Waals surface area contributed by atoms with E-state index >= 15 is 0 Å². The first kappa shape index (κ1) is 13.3. The van der Waals surface area contributed by atoms with Crippen molar-refractivity contribution in [2.45, 2.75) is 32.1 Å². The number of hydrogen-bond acceptors (Lipinski definition) is 6. The molecule has 0 aromatic rings. The number of hydrogen-bond donors (Lipinski definition) is 4. The Labute approximate surface area is 88.3 Å². The van der Waals surface area contributed by atoms with Crippen LogP contribution in [0, 0.1) is 10.8 Å².